The molecule has 0 aliphatic carbocycles. The van der Waals surface area contributed by atoms with Crippen LogP contribution in [-0.4, -0.2) is 53.4 Å². The van der Waals surface area contributed by atoms with Crippen LogP contribution in [0.5, 0.6) is 0 Å². The Morgan fingerprint density at radius 1 is 1.11 bits per heavy atom. The van der Waals surface area contributed by atoms with E-state index in [1.165, 1.54) is 24.9 Å². The molecule has 1 atom stereocenters. The Hall–Kier alpha value is -2.07. The van der Waals surface area contributed by atoms with E-state index in [9.17, 15) is 4.79 Å². The second-order valence-corrected chi connectivity index (χ2v) is 8.60. The van der Waals surface area contributed by atoms with Crippen molar-refractivity contribution in [1.82, 2.24) is 14.8 Å². The van der Waals surface area contributed by atoms with E-state index in [0.29, 0.717) is 5.41 Å². The maximum absolute atomic E-state index is 13.0. The van der Waals surface area contributed by atoms with Crippen molar-refractivity contribution in [3.05, 3.63) is 58.9 Å². The molecule has 1 aromatic carbocycles. The summed E-state index contributed by atoms with van der Waals surface area (Å²) in [6.07, 6.45) is 4.75. The number of H-pyrrole nitrogens is 1. The van der Waals surface area contributed by atoms with Gasteiger partial charge in [-0.25, -0.2) is 0 Å². The zero-order valence-corrected chi connectivity index (χ0v) is 16.6. The van der Waals surface area contributed by atoms with Crippen LogP contribution in [-0.2, 0) is 6.42 Å². The lowest BCUT2D eigenvalue weighted by atomic mass is 9.79. The number of rotatable bonds is 4. The minimum absolute atomic E-state index is 0.180. The molecule has 2 saturated heterocycles. The maximum Gasteiger partial charge on any atom is 0.270 e. The molecule has 2 aliphatic heterocycles. The van der Waals surface area contributed by atoms with Gasteiger partial charge in [0.2, 0.25) is 0 Å². The first kappa shape index (κ1) is 18.3. The summed E-state index contributed by atoms with van der Waals surface area (Å²) in [5, 5.41) is 0. The molecule has 2 aliphatic rings. The molecule has 1 aromatic heterocycles. The molecule has 144 valence electrons. The Balaban J connectivity index is 1.37. The van der Waals surface area contributed by atoms with Crippen LogP contribution in [0.15, 0.2) is 36.4 Å². The molecular weight excluding hydrogens is 334 g/mol. The summed E-state index contributed by atoms with van der Waals surface area (Å²) < 4.78 is 0. The van der Waals surface area contributed by atoms with Crippen molar-refractivity contribution in [2.75, 3.05) is 32.7 Å². The van der Waals surface area contributed by atoms with E-state index < -0.39 is 0 Å². The van der Waals surface area contributed by atoms with E-state index in [-0.39, 0.29) is 5.91 Å². The zero-order valence-electron chi connectivity index (χ0n) is 16.6. The molecule has 4 rings (SSSR count). The van der Waals surface area contributed by atoms with E-state index in [4.69, 9.17) is 0 Å². The van der Waals surface area contributed by atoms with Crippen LogP contribution in [0.4, 0.5) is 0 Å². The molecule has 1 amide bonds. The molecule has 4 heteroatoms. The van der Waals surface area contributed by atoms with Crippen molar-refractivity contribution in [3.63, 3.8) is 0 Å². The van der Waals surface area contributed by atoms with Gasteiger partial charge in [-0.15, -0.1) is 0 Å². The molecule has 2 aromatic rings. The number of likely N-dealkylation sites (tertiary alicyclic amines) is 2. The fourth-order valence-electron chi connectivity index (χ4n) is 4.98. The second-order valence-electron chi connectivity index (χ2n) is 8.60. The predicted octanol–water partition coefficient (Wildman–Crippen LogP) is 3.80. The molecular formula is C23H31N3O. The highest BCUT2D eigenvalue weighted by Gasteiger charge is 2.43. The van der Waals surface area contributed by atoms with Gasteiger partial charge < -0.3 is 14.8 Å². The summed E-state index contributed by atoms with van der Waals surface area (Å²) >= 11 is 0. The van der Waals surface area contributed by atoms with Gasteiger partial charge in [0.15, 0.2) is 0 Å². The average Bonchev–Trinajstić information content (AvgIpc) is 3.23. The highest BCUT2D eigenvalue weighted by atomic mass is 16.2. The molecule has 0 radical (unpaired) electrons. The van der Waals surface area contributed by atoms with E-state index in [1.54, 1.807) is 0 Å². The first-order valence-electron chi connectivity index (χ1n) is 10.3. The molecule has 27 heavy (non-hydrogen) atoms. The molecule has 0 bridgehead atoms. The summed E-state index contributed by atoms with van der Waals surface area (Å²) in [5.41, 5.74) is 4.61. The fourth-order valence-corrected chi connectivity index (χ4v) is 4.98. The number of aromatic nitrogens is 1. The number of hydrogen-bond acceptors (Lipinski definition) is 2. The van der Waals surface area contributed by atoms with Crippen molar-refractivity contribution < 1.29 is 4.79 Å². The Morgan fingerprint density at radius 3 is 2.67 bits per heavy atom. The van der Waals surface area contributed by atoms with Gasteiger partial charge in [-0.05, 0) is 63.3 Å². The standard InChI is InChI=1S/C23H31N3O/c1-18-15-19(2)24-21(18)22(27)26-14-11-23(17-26)10-6-12-25(16-23)13-9-20-7-4-3-5-8-20/h3-5,7-8,15,24H,6,9-14,16-17H2,1-2H3. The highest BCUT2D eigenvalue weighted by Crippen LogP contribution is 2.39. The number of amides is 1. The first-order chi connectivity index (χ1) is 13.0. The van der Waals surface area contributed by atoms with Gasteiger partial charge >= 0.3 is 0 Å². The summed E-state index contributed by atoms with van der Waals surface area (Å²) in [5.74, 6) is 0.180. The Kier molecular flexibility index (Phi) is 5.09. The predicted molar refractivity (Wildman–Crippen MR) is 109 cm³/mol. The van der Waals surface area contributed by atoms with Crippen molar-refractivity contribution in [2.24, 2.45) is 5.41 Å². The Morgan fingerprint density at radius 2 is 1.93 bits per heavy atom. The van der Waals surface area contributed by atoms with Gasteiger partial charge in [0, 0.05) is 37.3 Å². The van der Waals surface area contributed by atoms with Crippen LogP contribution in [0.25, 0.3) is 0 Å². The fraction of sp³-hybridized carbons (Fsp3) is 0.522. The number of carbonyl (C=O) groups is 1. The van der Waals surface area contributed by atoms with Crippen LogP contribution < -0.4 is 0 Å². The molecule has 1 unspecified atom stereocenters. The molecule has 4 nitrogen and oxygen atoms in total. The number of aromatic amines is 1. The van der Waals surface area contributed by atoms with E-state index in [0.717, 1.165) is 56.0 Å². The number of hydrogen-bond donors (Lipinski definition) is 1. The topological polar surface area (TPSA) is 39.3 Å². The average molecular weight is 366 g/mol. The normalized spacial score (nSPS) is 23.3. The van der Waals surface area contributed by atoms with Gasteiger partial charge in [0.05, 0.1) is 0 Å². The minimum Gasteiger partial charge on any atom is -0.354 e. The Labute approximate surface area is 162 Å². The van der Waals surface area contributed by atoms with Crippen molar-refractivity contribution in [1.29, 1.82) is 0 Å². The van der Waals surface area contributed by atoms with Crippen LogP contribution >= 0.6 is 0 Å². The number of nitrogens with zero attached hydrogens (tertiary/aromatic N) is 2. The lowest BCUT2D eigenvalue weighted by Crippen LogP contribution is -2.46. The highest BCUT2D eigenvalue weighted by molar-refractivity contribution is 5.94. The van der Waals surface area contributed by atoms with Crippen molar-refractivity contribution in [2.45, 2.75) is 39.5 Å². The summed E-state index contributed by atoms with van der Waals surface area (Å²) in [6, 6.07) is 12.8. The molecule has 1 spiro atoms. The number of piperidine rings is 1. The van der Waals surface area contributed by atoms with Crippen LogP contribution in [0.1, 0.15) is 46.6 Å². The third kappa shape index (κ3) is 3.96. The number of nitrogens with one attached hydrogen (secondary N) is 1. The van der Waals surface area contributed by atoms with Gasteiger partial charge in [-0.3, -0.25) is 4.79 Å². The molecule has 2 fully saturated rings. The van der Waals surface area contributed by atoms with Crippen LogP contribution in [0.2, 0.25) is 0 Å². The monoisotopic (exact) mass is 365 g/mol. The van der Waals surface area contributed by atoms with Gasteiger partial charge in [-0.2, -0.15) is 0 Å². The van der Waals surface area contributed by atoms with Crippen LogP contribution in [0.3, 0.4) is 0 Å². The van der Waals surface area contributed by atoms with Gasteiger partial charge in [0.1, 0.15) is 5.69 Å². The van der Waals surface area contributed by atoms with E-state index in [1.807, 2.05) is 13.8 Å². The molecule has 3 heterocycles. The third-order valence-corrected chi connectivity index (χ3v) is 6.39. The van der Waals surface area contributed by atoms with Gasteiger partial charge in [0.25, 0.3) is 5.91 Å². The zero-order chi connectivity index (χ0) is 18.9. The van der Waals surface area contributed by atoms with Crippen molar-refractivity contribution >= 4 is 5.91 Å². The first-order valence-corrected chi connectivity index (χ1v) is 10.3. The summed E-state index contributed by atoms with van der Waals surface area (Å²) in [4.78, 5) is 20.9. The van der Waals surface area contributed by atoms with E-state index in [2.05, 4.69) is 51.2 Å². The van der Waals surface area contributed by atoms with Crippen LogP contribution in [0, 0.1) is 19.3 Å². The minimum atomic E-state index is 0.180. The Bertz CT molecular complexity index is 797. The second kappa shape index (κ2) is 7.51. The smallest absolute Gasteiger partial charge is 0.270 e. The van der Waals surface area contributed by atoms with E-state index >= 15 is 0 Å². The summed E-state index contributed by atoms with van der Waals surface area (Å²) in [6.45, 7) is 9.28. The maximum atomic E-state index is 13.0. The number of aryl methyl sites for hydroxylation is 2. The lowest BCUT2D eigenvalue weighted by molar-refractivity contribution is 0.0687. The summed E-state index contributed by atoms with van der Waals surface area (Å²) in [7, 11) is 0. The molecule has 0 saturated carbocycles. The quantitative estimate of drug-likeness (QED) is 0.895. The molecule has 1 N–H and O–H groups in total. The number of carbonyl (C=O) groups excluding carboxylic acids is 1. The largest absolute Gasteiger partial charge is 0.354 e. The number of benzene rings is 1. The SMILES string of the molecule is Cc1cc(C)c(C(=O)N2CCC3(CCCN(CCc4ccccc4)C3)C2)[nH]1. The lowest BCUT2D eigenvalue weighted by Gasteiger charge is -2.40. The third-order valence-electron chi connectivity index (χ3n) is 6.39. The van der Waals surface area contributed by atoms with Crippen molar-refractivity contribution in [3.8, 4) is 0 Å². The van der Waals surface area contributed by atoms with Gasteiger partial charge in [-0.1, -0.05) is 30.3 Å².